The lowest BCUT2D eigenvalue weighted by Gasteiger charge is -2.10. The average Bonchev–Trinajstić information content (AvgIpc) is 2.03. The van der Waals surface area contributed by atoms with Crippen LogP contribution in [0.2, 0.25) is 0 Å². The monoisotopic (exact) mass is 183 g/mol. The van der Waals surface area contributed by atoms with Gasteiger partial charge in [-0.3, -0.25) is 0 Å². The highest BCUT2D eigenvalue weighted by molar-refractivity contribution is 5.65. The molecule has 0 saturated carbocycles. The van der Waals surface area contributed by atoms with Crippen LogP contribution in [-0.2, 0) is 4.79 Å². The van der Waals surface area contributed by atoms with Gasteiger partial charge in [0.2, 0.25) is 0 Å². The predicted molar refractivity (Wildman–Crippen MR) is 41.0 cm³/mol. The Morgan fingerprint density at radius 2 is 2.31 bits per heavy atom. The number of halogens is 1. The molecular formula is C9H8FO3-. The Kier molecular flexibility index (Phi) is 2.97. The first-order chi connectivity index (χ1) is 6.09. The zero-order valence-electron chi connectivity index (χ0n) is 6.74. The number of hydrogen-bond acceptors (Lipinski definition) is 3. The van der Waals surface area contributed by atoms with Gasteiger partial charge in [-0.2, -0.15) is 0 Å². The fourth-order valence-electron chi connectivity index (χ4n) is 0.990. The van der Waals surface area contributed by atoms with E-state index in [4.69, 9.17) is 0 Å². The van der Waals surface area contributed by atoms with Crippen molar-refractivity contribution >= 4 is 5.97 Å². The Bertz CT molecular complexity index is 311. The van der Waals surface area contributed by atoms with Gasteiger partial charge in [0.1, 0.15) is 5.82 Å². The van der Waals surface area contributed by atoms with E-state index in [-0.39, 0.29) is 5.56 Å². The van der Waals surface area contributed by atoms with E-state index >= 15 is 0 Å². The van der Waals surface area contributed by atoms with Crippen LogP contribution in [0, 0.1) is 5.82 Å². The first-order valence-electron chi connectivity index (χ1n) is 3.73. The molecule has 0 aromatic heterocycles. The van der Waals surface area contributed by atoms with Gasteiger partial charge in [-0.1, -0.05) is 12.1 Å². The highest BCUT2D eigenvalue weighted by Crippen LogP contribution is 2.16. The van der Waals surface area contributed by atoms with Gasteiger partial charge < -0.3 is 15.0 Å². The van der Waals surface area contributed by atoms with Gasteiger partial charge in [-0.25, -0.2) is 4.39 Å². The smallest absolute Gasteiger partial charge is 0.123 e. The molecule has 1 N–H and O–H groups in total. The lowest BCUT2D eigenvalue weighted by molar-refractivity contribution is -0.307. The van der Waals surface area contributed by atoms with Crippen molar-refractivity contribution in [2.45, 2.75) is 12.5 Å². The van der Waals surface area contributed by atoms with Gasteiger partial charge in [0.25, 0.3) is 0 Å². The average molecular weight is 183 g/mol. The molecule has 0 radical (unpaired) electrons. The minimum Gasteiger partial charge on any atom is -0.550 e. The van der Waals surface area contributed by atoms with E-state index in [0.717, 1.165) is 6.07 Å². The minimum absolute atomic E-state index is 0.240. The van der Waals surface area contributed by atoms with Crippen molar-refractivity contribution in [3.8, 4) is 0 Å². The SMILES string of the molecule is O=C([O-])CC(O)c1cccc(F)c1. The molecule has 0 saturated heterocycles. The second-order valence-corrected chi connectivity index (χ2v) is 2.65. The second kappa shape index (κ2) is 4.00. The van der Waals surface area contributed by atoms with Gasteiger partial charge in [0.05, 0.1) is 6.10 Å². The third-order valence-electron chi connectivity index (χ3n) is 1.59. The van der Waals surface area contributed by atoms with E-state index < -0.39 is 24.3 Å². The van der Waals surface area contributed by atoms with Crippen LogP contribution < -0.4 is 5.11 Å². The molecule has 0 bridgehead atoms. The van der Waals surface area contributed by atoms with Gasteiger partial charge in [-0.05, 0) is 17.7 Å². The summed E-state index contributed by atoms with van der Waals surface area (Å²) in [6, 6.07) is 5.17. The first-order valence-corrected chi connectivity index (χ1v) is 3.73. The van der Waals surface area contributed by atoms with Crippen molar-refractivity contribution in [1.82, 2.24) is 0 Å². The van der Waals surface area contributed by atoms with Gasteiger partial charge >= 0.3 is 0 Å². The van der Waals surface area contributed by atoms with Crippen LogP contribution >= 0.6 is 0 Å². The van der Waals surface area contributed by atoms with E-state index in [1.807, 2.05) is 0 Å². The molecule has 1 aromatic carbocycles. The number of carboxylic acids is 1. The zero-order valence-corrected chi connectivity index (χ0v) is 6.74. The molecule has 1 atom stereocenters. The number of aliphatic hydroxyl groups excluding tert-OH is 1. The van der Waals surface area contributed by atoms with Crippen LogP contribution in [0.1, 0.15) is 18.1 Å². The summed E-state index contributed by atoms with van der Waals surface area (Å²) < 4.78 is 12.6. The Balaban J connectivity index is 2.76. The summed E-state index contributed by atoms with van der Waals surface area (Å²) in [5, 5.41) is 19.3. The van der Waals surface area contributed by atoms with Crippen LogP contribution in [0.4, 0.5) is 4.39 Å². The molecule has 1 rings (SSSR count). The summed E-state index contributed by atoms with van der Waals surface area (Å²) >= 11 is 0. The Morgan fingerprint density at radius 3 is 2.85 bits per heavy atom. The quantitative estimate of drug-likeness (QED) is 0.717. The van der Waals surface area contributed by atoms with Gasteiger partial charge in [0.15, 0.2) is 0 Å². The summed E-state index contributed by atoms with van der Waals surface area (Å²) in [5.74, 6) is -1.87. The molecule has 13 heavy (non-hydrogen) atoms. The normalized spacial score (nSPS) is 12.5. The summed E-state index contributed by atoms with van der Waals surface area (Å²) in [6.07, 6.45) is -1.73. The van der Waals surface area contributed by atoms with E-state index in [9.17, 15) is 19.4 Å². The lowest BCUT2D eigenvalue weighted by atomic mass is 10.1. The third kappa shape index (κ3) is 2.83. The highest BCUT2D eigenvalue weighted by atomic mass is 19.1. The molecule has 70 valence electrons. The van der Waals surface area contributed by atoms with Crippen LogP contribution in [0.5, 0.6) is 0 Å². The maximum Gasteiger partial charge on any atom is 0.123 e. The molecule has 1 aromatic rings. The maximum absolute atomic E-state index is 12.6. The fraction of sp³-hybridized carbons (Fsp3) is 0.222. The Hall–Kier alpha value is -1.42. The molecule has 0 spiro atoms. The molecule has 3 nitrogen and oxygen atoms in total. The van der Waals surface area contributed by atoms with E-state index in [2.05, 4.69) is 0 Å². The summed E-state index contributed by atoms with van der Waals surface area (Å²) in [6.45, 7) is 0. The number of hydrogen-bond donors (Lipinski definition) is 1. The van der Waals surface area contributed by atoms with Gasteiger partial charge in [0, 0.05) is 12.4 Å². The summed E-state index contributed by atoms with van der Waals surface area (Å²) in [7, 11) is 0. The van der Waals surface area contributed by atoms with Crippen molar-refractivity contribution in [3.63, 3.8) is 0 Å². The number of aliphatic carboxylic acids is 1. The number of benzene rings is 1. The molecule has 1 unspecified atom stereocenters. The fourth-order valence-corrected chi connectivity index (χ4v) is 0.990. The number of carbonyl (C=O) groups is 1. The van der Waals surface area contributed by atoms with Crippen molar-refractivity contribution in [2.75, 3.05) is 0 Å². The number of aliphatic hydroxyl groups is 1. The van der Waals surface area contributed by atoms with E-state index in [0.29, 0.717) is 0 Å². The lowest BCUT2D eigenvalue weighted by Crippen LogP contribution is -2.24. The van der Waals surface area contributed by atoms with E-state index in [1.165, 1.54) is 18.2 Å². The number of rotatable bonds is 3. The highest BCUT2D eigenvalue weighted by Gasteiger charge is 2.07. The number of carbonyl (C=O) groups excluding carboxylic acids is 1. The molecule has 0 aliphatic heterocycles. The Labute approximate surface area is 74.4 Å². The molecule has 0 aliphatic rings. The molecule has 0 heterocycles. The largest absolute Gasteiger partial charge is 0.550 e. The van der Waals surface area contributed by atoms with Crippen molar-refractivity contribution in [3.05, 3.63) is 35.6 Å². The second-order valence-electron chi connectivity index (χ2n) is 2.65. The minimum atomic E-state index is -1.36. The van der Waals surface area contributed by atoms with Crippen LogP contribution in [0.3, 0.4) is 0 Å². The van der Waals surface area contributed by atoms with Crippen LogP contribution in [0.25, 0.3) is 0 Å². The van der Waals surface area contributed by atoms with E-state index in [1.54, 1.807) is 0 Å². The molecule has 0 amide bonds. The molecule has 4 heteroatoms. The van der Waals surface area contributed by atoms with Crippen LogP contribution in [0.15, 0.2) is 24.3 Å². The van der Waals surface area contributed by atoms with Crippen molar-refractivity contribution in [1.29, 1.82) is 0 Å². The number of carboxylic acid groups (broad SMARTS) is 1. The first kappa shape index (κ1) is 9.67. The van der Waals surface area contributed by atoms with Gasteiger partial charge in [-0.15, -0.1) is 0 Å². The third-order valence-corrected chi connectivity index (χ3v) is 1.59. The molecule has 0 fully saturated rings. The zero-order chi connectivity index (χ0) is 9.84. The van der Waals surface area contributed by atoms with Crippen LogP contribution in [-0.4, -0.2) is 11.1 Å². The predicted octanol–water partition coefficient (Wildman–Crippen LogP) is -0.000900. The Morgan fingerprint density at radius 1 is 1.62 bits per heavy atom. The summed E-state index contributed by atoms with van der Waals surface area (Å²) in [5.41, 5.74) is 0.240. The standard InChI is InChI=1S/C9H9FO3/c10-7-3-1-2-6(4-7)8(11)5-9(12)13/h1-4,8,11H,5H2,(H,12,13)/p-1. The van der Waals surface area contributed by atoms with Crippen molar-refractivity contribution < 1.29 is 19.4 Å². The summed E-state index contributed by atoms with van der Waals surface area (Å²) in [4.78, 5) is 10.1. The van der Waals surface area contributed by atoms with Crippen molar-refractivity contribution in [2.24, 2.45) is 0 Å². The molecular weight excluding hydrogens is 175 g/mol. The maximum atomic E-state index is 12.6. The molecule has 0 aliphatic carbocycles. The topological polar surface area (TPSA) is 60.4 Å².